The molecule has 0 aliphatic carbocycles. The Balaban J connectivity index is 1.49. The van der Waals surface area contributed by atoms with Gasteiger partial charge in [0.05, 0.1) is 31.0 Å². The Bertz CT molecular complexity index is 970. The number of aromatic nitrogens is 4. The van der Waals surface area contributed by atoms with Crippen molar-refractivity contribution in [3.8, 4) is 11.1 Å². The van der Waals surface area contributed by atoms with Crippen molar-refractivity contribution in [2.24, 2.45) is 7.05 Å². The topological polar surface area (TPSA) is 85.2 Å². The van der Waals surface area contributed by atoms with E-state index in [1.807, 2.05) is 50.6 Å². The number of hydrogen-bond acceptors (Lipinski definition) is 6. The molecule has 1 aliphatic rings. The van der Waals surface area contributed by atoms with E-state index in [-0.39, 0.29) is 12.0 Å². The molecule has 1 N–H and O–H groups in total. The number of rotatable bonds is 4. The Kier molecular flexibility index (Phi) is 4.83. The summed E-state index contributed by atoms with van der Waals surface area (Å²) in [6, 6.07) is 7.79. The molecule has 4 rings (SSSR count). The third kappa shape index (κ3) is 4.12. The molecule has 27 heavy (non-hydrogen) atoms. The normalized spacial score (nSPS) is 17.9. The van der Waals surface area contributed by atoms with Gasteiger partial charge in [-0.2, -0.15) is 5.10 Å². The number of aryl methyl sites for hydroxylation is 1. The summed E-state index contributed by atoms with van der Waals surface area (Å²) >= 11 is 0. The SMILES string of the molecule is C[C@H]1CN(CC(=O)Nc2cc3cc(-c4cnn(C)c4)ccc3nn2)CCO1. The Labute approximate surface area is 157 Å². The predicted octanol–water partition coefficient (Wildman–Crippen LogP) is 1.69. The van der Waals surface area contributed by atoms with Crippen molar-refractivity contribution >= 4 is 22.6 Å². The van der Waals surface area contributed by atoms with Crippen molar-refractivity contribution in [2.75, 3.05) is 31.6 Å². The lowest BCUT2D eigenvalue weighted by molar-refractivity contribution is -0.119. The lowest BCUT2D eigenvalue weighted by Crippen LogP contribution is -2.44. The fraction of sp³-hybridized carbons (Fsp3) is 0.368. The van der Waals surface area contributed by atoms with Gasteiger partial charge in [0, 0.05) is 37.3 Å². The molecule has 8 nitrogen and oxygen atoms in total. The van der Waals surface area contributed by atoms with Crippen LogP contribution in [0.1, 0.15) is 6.92 Å². The molecule has 0 radical (unpaired) electrons. The minimum Gasteiger partial charge on any atom is -0.376 e. The highest BCUT2D eigenvalue weighted by atomic mass is 16.5. The molecule has 3 heterocycles. The highest BCUT2D eigenvalue weighted by Crippen LogP contribution is 2.24. The van der Waals surface area contributed by atoms with Gasteiger partial charge in [-0.05, 0) is 30.7 Å². The Morgan fingerprint density at radius 2 is 2.19 bits per heavy atom. The van der Waals surface area contributed by atoms with Gasteiger partial charge in [0.25, 0.3) is 0 Å². The summed E-state index contributed by atoms with van der Waals surface area (Å²) in [4.78, 5) is 14.4. The highest BCUT2D eigenvalue weighted by Gasteiger charge is 2.19. The fourth-order valence-electron chi connectivity index (χ4n) is 3.28. The van der Waals surface area contributed by atoms with Gasteiger partial charge in [-0.25, -0.2) is 0 Å². The minimum atomic E-state index is -0.0961. The molecule has 1 amide bonds. The zero-order valence-electron chi connectivity index (χ0n) is 15.4. The summed E-state index contributed by atoms with van der Waals surface area (Å²) in [5, 5.41) is 16.3. The quantitative estimate of drug-likeness (QED) is 0.756. The van der Waals surface area contributed by atoms with E-state index in [2.05, 4.69) is 25.5 Å². The first-order valence-corrected chi connectivity index (χ1v) is 8.97. The highest BCUT2D eigenvalue weighted by molar-refractivity contribution is 5.93. The van der Waals surface area contributed by atoms with E-state index in [1.165, 1.54) is 0 Å². The number of carbonyl (C=O) groups excluding carboxylic acids is 1. The zero-order chi connectivity index (χ0) is 18.8. The van der Waals surface area contributed by atoms with Crippen LogP contribution in [0.3, 0.4) is 0 Å². The van der Waals surface area contributed by atoms with Gasteiger partial charge >= 0.3 is 0 Å². The third-order valence-corrected chi connectivity index (χ3v) is 4.58. The van der Waals surface area contributed by atoms with E-state index in [1.54, 1.807) is 4.68 Å². The smallest absolute Gasteiger partial charge is 0.239 e. The van der Waals surface area contributed by atoms with Crippen LogP contribution >= 0.6 is 0 Å². The monoisotopic (exact) mass is 366 g/mol. The maximum Gasteiger partial charge on any atom is 0.239 e. The molecule has 0 saturated carbocycles. The number of benzene rings is 1. The molecule has 8 heteroatoms. The number of hydrogen-bond donors (Lipinski definition) is 1. The first kappa shape index (κ1) is 17.6. The van der Waals surface area contributed by atoms with Gasteiger partial charge in [-0.3, -0.25) is 14.4 Å². The van der Waals surface area contributed by atoms with Gasteiger partial charge in [0.2, 0.25) is 5.91 Å². The van der Waals surface area contributed by atoms with Crippen LogP contribution < -0.4 is 5.32 Å². The van der Waals surface area contributed by atoms with E-state index >= 15 is 0 Å². The Morgan fingerprint density at radius 3 is 2.96 bits per heavy atom. The first-order valence-electron chi connectivity index (χ1n) is 8.97. The van der Waals surface area contributed by atoms with Gasteiger partial charge < -0.3 is 10.1 Å². The third-order valence-electron chi connectivity index (χ3n) is 4.58. The molecule has 140 valence electrons. The van der Waals surface area contributed by atoms with Crippen LogP contribution in [0.4, 0.5) is 5.82 Å². The standard InChI is InChI=1S/C19H22N6O2/c1-13-10-25(5-6-27-13)12-19(26)21-18-8-15-7-14(3-4-17(15)22-23-18)16-9-20-24(2)11-16/h3-4,7-9,11,13H,5-6,10,12H2,1-2H3,(H,21,23,26)/t13-/m0/s1. The lowest BCUT2D eigenvalue weighted by atomic mass is 10.1. The Hall–Kier alpha value is -2.84. The molecule has 2 aromatic heterocycles. The summed E-state index contributed by atoms with van der Waals surface area (Å²) in [5.41, 5.74) is 2.86. The molecular formula is C19H22N6O2. The second kappa shape index (κ2) is 7.42. The average molecular weight is 366 g/mol. The largest absolute Gasteiger partial charge is 0.376 e. The number of carbonyl (C=O) groups is 1. The first-order chi connectivity index (χ1) is 13.1. The molecule has 1 atom stereocenters. The molecule has 1 fully saturated rings. The number of anilines is 1. The number of nitrogens with one attached hydrogen (secondary N) is 1. The lowest BCUT2D eigenvalue weighted by Gasteiger charge is -2.30. The van der Waals surface area contributed by atoms with E-state index in [9.17, 15) is 4.79 Å². The maximum atomic E-state index is 12.3. The maximum absolute atomic E-state index is 12.3. The molecule has 3 aromatic rings. The van der Waals surface area contributed by atoms with E-state index in [0.29, 0.717) is 19.0 Å². The number of morpholine rings is 1. The van der Waals surface area contributed by atoms with Crippen LogP contribution in [0.5, 0.6) is 0 Å². The van der Waals surface area contributed by atoms with Crippen LogP contribution in [-0.2, 0) is 16.6 Å². The van der Waals surface area contributed by atoms with E-state index in [0.717, 1.165) is 35.1 Å². The van der Waals surface area contributed by atoms with E-state index < -0.39 is 0 Å². The molecule has 0 bridgehead atoms. The average Bonchev–Trinajstić information content (AvgIpc) is 3.07. The second-order valence-corrected chi connectivity index (χ2v) is 6.87. The summed E-state index contributed by atoms with van der Waals surface area (Å²) in [6.45, 7) is 4.50. The molecule has 1 aromatic carbocycles. The van der Waals surface area contributed by atoms with Gasteiger partial charge in [-0.15, -0.1) is 10.2 Å². The molecule has 0 unspecified atom stereocenters. The second-order valence-electron chi connectivity index (χ2n) is 6.87. The summed E-state index contributed by atoms with van der Waals surface area (Å²) in [5.74, 6) is 0.360. The zero-order valence-corrected chi connectivity index (χ0v) is 15.4. The predicted molar refractivity (Wildman–Crippen MR) is 102 cm³/mol. The molecular weight excluding hydrogens is 344 g/mol. The molecule has 1 saturated heterocycles. The van der Waals surface area contributed by atoms with Gasteiger partial charge in [-0.1, -0.05) is 6.07 Å². The number of ether oxygens (including phenoxy) is 1. The fourth-order valence-corrected chi connectivity index (χ4v) is 3.28. The van der Waals surface area contributed by atoms with Gasteiger partial charge in [0.1, 0.15) is 0 Å². The minimum absolute atomic E-state index is 0.0961. The van der Waals surface area contributed by atoms with Crippen LogP contribution in [0.25, 0.3) is 22.0 Å². The van der Waals surface area contributed by atoms with Crippen molar-refractivity contribution in [2.45, 2.75) is 13.0 Å². The molecule has 0 spiro atoms. The van der Waals surface area contributed by atoms with E-state index in [4.69, 9.17) is 4.74 Å². The van der Waals surface area contributed by atoms with Crippen LogP contribution in [0, 0.1) is 0 Å². The number of fused-ring (bicyclic) bond motifs is 1. The van der Waals surface area contributed by atoms with Crippen molar-refractivity contribution in [1.82, 2.24) is 24.9 Å². The van der Waals surface area contributed by atoms with Crippen LogP contribution in [-0.4, -0.2) is 63.1 Å². The summed E-state index contributed by atoms with van der Waals surface area (Å²) in [7, 11) is 1.89. The van der Waals surface area contributed by atoms with Crippen molar-refractivity contribution in [3.63, 3.8) is 0 Å². The summed E-state index contributed by atoms with van der Waals surface area (Å²) in [6.07, 6.45) is 3.93. The van der Waals surface area contributed by atoms with Crippen molar-refractivity contribution in [3.05, 3.63) is 36.7 Å². The summed E-state index contributed by atoms with van der Waals surface area (Å²) < 4.78 is 7.27. The number of nitrogens with zero attached hydrogens (tertiary/aromatic N) is 5. The van der Waals surface area contributed by atoms with Crippen molar-refractivity contribution in [1.29, 1.82) is 0 Å². The van der Waals surface area contributed by atoms with Crippen LogP contribution in [0.15, 0.2) is 36.7 Å². The van der Waals surface area contributed by atoms with Crippen LogP contribution in [0.2, 0.25) is 0 Å². The van der Waals surface area contributed by atoms with Gasteiger partial charge in [0.15, 0.2) is 5.82 Å². The van der Waals surface area contributed by atoms with Crippen molar-refractivity contribution < 1.29 is 9.53 Å². The number of amides is 1. The Morgan fingerprint density at radius 1 is 1.30 bits per heavy atom. The molecule has 1 aliphatic heterocycles.